The second-order valence-corrected chi connectivity index (χ2v) is 5.33. The lowest BCUT2D eigenvalue weighted by Crippen LogP contribution is -1.99. The molecule has 0 aliphatic heterocycles. The lowest BCUT2D eigenvalue weighted by molar-refractivity contribution is 1.14. The van der Waals surface area contributed by atoms with Crippen molar-refractivity contribution in [3.63, 3.8) is 0 Å². The van der Waals surface area contributed by atoms with E-state index in [1.165, 1.54) is 0 Å². The predicted molar refractivity (Wildman–Crippen MR) is 85.5 cm³/mol. The number of anilines is 1. The minimum atomic E-state index is 0.572. The van der Waals surface area contributed by atoms with Crippen LogP contribution in [-0.4, -0.2) is 4.98 Å². The van der Waals surface area contributed by atoms with Gasteiger partial charge >= 0.3 is 0 Å². The standard InChI is InChI=1S/C16H12Cl2N2/c17-14-6-5-11(7-15(14)18)9-19-13-8-12-3-1-2-4-16(12)20-10-13/h1-8,10,19H,9H2. The van der Waals surface area contributed by atoms with Crippen molar-refractivity contribution in [3.8, 4) is 0 Å². The number of nitrogens with one attached hydrogen (secondary N) is 1. The van der Waals surface area contributed by atoms with E-state index in [1.54, 1.807) is 6.07 Å². The first-order valence-electron chi connectivity index (χ1n) is 6.25. The number of benzene rings is 2. The van der Waals surface area contributed by atoms with E-state index in [2.05, 4.69) is 16.4 Å². The fourth-order valence-corrected chi connectivity index (χ4v) is 2.34. The largest absolute Gasteiger partial charge is 0.380 e. The van der Waals surface area contributed by atoms with E-state index in [-0.39, 0.29) is 0 Å². The number of rotatable bonds is 3. The summed E-state index contributed by atoms with van der Waals surface area (Å²) in [6.45, 7) is 0.677. The molecule has 1 heterocycles. The smallest absolute Gasteiger partial charge is 0.0703 e. The molecule has 0 unspecified atom stereocenters. The molecular formula is C16H12Cl2N2. The molecule has 0 spiro atoms. The van der Waals surface area contributed by atoms with E-state index in [1.807, 2.05) is 42.6 Å². The minimum Gasteiger partial charge on any atom is -0.380 e. The van der Waals surface area contributed by atoms with Crippen molar-refractivity contribution in [1.82, 2.24) is 4.98 Å². The van der Waals surface area contributed by atoms with E-state index in [0.29, 0.717) is 16.6 Å². The first-order valence-corrected chi connectivity index (χ1v) is 7.00. The predicted octanol–water partition coefficient (Wildman–Crippen LogP) is 5.15. The Balaban J connectivity index is 1.77. The van der Waals surface area contributed by atoms with E-state index >= 15 is 0 Å². The Kier molecular flexibility index (Phi) is 3.77. The lowest BCUT2D eigenvalue weighted by Gasteiger charge is -2.08. The summed E-state index contributed by atoms with van der Waals surface area (Å²) in [6.07, 6.45) is 1.83. The molecule has 20 heavy (non-hydrogen) atoms. The Labute approximate surface area is 127 Å². The molecule has 2 nitrogen and oxygen atoms in total. The second-order valence-electron chi connectivity index (χ2n) is 4.52. The van der Waals surface area contributed by atoms with Gasteiger partial charge in [0.25, 0.3) is 0 Å². The highest BCUT2D eigenvalue weighted by atomic mass is 35.5. The zero-order valence-corrected chi connectivity index (χ0v) is 12.1. The first-order chi connectivity index (χ1) is 9.72. The van der Waals surface area contributed by atoms with E-state index in [4.69, 9.17) is 23.2 Å². The molecule has 0 atom stereocenters. The fraction of sp³-hybridized carbons (Fsp3) is 0.0625. The number of halogens is 2. The van der Waals surface area contributed by atoms with Gasteiger partial charge in [-0.05, 0) is 29.8 Å². The summed E-state index contributed by atoms with van der Waals surface area (Å²) in [5.74, 6) is 0. The van der Waals surface area contributed by atoms with Gasteiger partial charge in [0.1, 0.15) is 0 Å². The van der Waals surface area contributed by atoms with E-state index < -0.39 is 0 Å². The van der Waals surface area contributed by atoms with Crippen LogP contribution in [0, 0.1) is 0 Å². The highest BCUT2D eigenvalue weighted by molar-refractivity contribution is 6.42. The lowest BCUT2D eigenvalue weighted by atomic mass is 10.2. The zero-order chi connectivity index (χ0) is 13.9. The third kappa shape index (κ3) is 2.87. The van der Waals surface area contributed by atoms with Crippen molar-refractivity contribution in [2.24, 2.45) is 0 Å². The van der Waals surface area contributed by atoms with E-state index in [9.17, 15) is 0 Å². The quantitative estimate of drug-likeness (QED) is 0.723. The number of pyridine rings is 1. The molecule has 0 bridgehead atoms. The summed E-state index contributed by atoms with van der Waals surface area (Å²) < 4.78 is 0. The van der Waals surface area contributed by atoms with Crippen molar-refractivity contribution < 1.29 is 0 Å². The minimum absolute atomic E-state index is 0.572. The van der Waals surface area contributed by atoms with Gasteiger partial charge in [0.15, 0.2) is 0 Å². The Morgan fingerprint density at radius 1 is 0.950 bits per heavy atom. The number of fused-ring (bicyclic) bond motifs is 1. The molecule has 2 aromatic carbocycles. The number of para-hydroxylation sites is 1. The van der Waals surface area contributed by atoms with Crippen LogP contribution in [0.25, 0.3) is 10.9 Å². The Hall–Kier alpha value is -1.77. The summed E-state index contributed by atoms with van der Waals surface area (Å²) in [4.78, 5) is 4.42. The van der Waals surface area contributed by atoms with Crippen LogP contribution in [0.2, 0.25) is 10.0 Å². The van der Waals surface area contributed by atoms with Gasteiger partial charge in [-0.1, -0.05) is 47.5 Å². The SMILES string of the molecule is Clc1ccc(CNc2cnc3ccccc3c2)cc1Cl. The molecule has 0 fully saturated rings. The van der Waals surface area contributed by atoms with Gasteiger partial charge in [-0.2, -0.15) is 0 Å². The molecular weight excluding hydrogens is 291 g/mol. The monoisotopic (exact) mass is 302 g/mol. The van der Waals surface area contributed by atoms with Crippen LogP contribution in [0.15, 0.2) is 54.7 Å². The number of aromatic nitrogens is 1. The summed E-state index contributed by atoms with van der Waals surface area (Å²) in [5, 5.41) is 5.60. The van der Waals surface area contributed by atoms with Crippen molar-refractivity contribution in [3.05, 3.63) is 70.3 Å². The average molecular weight is 303 g/mol. The van der Waals surface area contributed by atoms with Crippen molar-refractivity contribution >= 4 is 39.8 Å². The number of hydrogen-bond donors (Lipinski definition) is 1. The maximum absolute atomic E-state index is 6.00. The highest BCUT2D eigenvalue weighted by Gasteiger charge is 2.01. The Morgan fingerprint density at radius 2 is 1.80 bits per heavy atom. The van der Waals surface area contributed by atoms with Gasteiger partial charge in [-0.3, -0.25) is 4.98 Å². The maximum Gasteiger partial charge on any atom is 0.0703 e. The molecule has 0 saturated carbocycles. The fourth-order valence-electron chi connectivity index (χ4n) is 2.02. The zero-order valence-electron chi connectivity index (χ0n) is 10.6. The molecule has 100 valence electrons. The molecule has 0 aliphatic carbocycles. The Bertz CT molecular complexity index is 756. The van der Waals surface area contributed by atoms with Gasteiger partial charge in [-0.25, -0.2) is 0 Å². The molecule has 0 amide bonds. The van der Waals surface area contributed by atoms with Crippen molar-refractivity contribution in [2.75, 3.05) is 5.32 Å². The van der Waals surface area contributed by atoms with Crippen LogP contribution in [0.5, 0.6) is 0 Å². The summed E-state index contributed by atoms with van der Waals surface area (Å²) in [6, 6.07) is 15.7. The summed E-state index contributed by atoms with van der Waals surface area (Å²) >= 11 is 11.9. The van der Waals surface area contributed by atoms with Gasteiger partial charge in [0.2, 0.25) is 0 Å². The normalized spacial score (nSPS) is 10.7. The Morgan fingerprint density at radius 3 is 2.65 bits per heavy atom. The molecule has 4 heteroatoms. The van der Waals surface area contributed by atoms with Gasteiger partial charge in [0, 0.05) is 11.9 Å². The average Bonchev–Trinajstić information content (AvgIpc) is 2.48. The second kappa shape index (κ2) is 5.70. The molecule has 1 N–H and O–H groups in total. The molecule has 3 rings (SSSR count). The highest BCUT2D eigenvalue weighted by Crippen LogP contribution is 2.23. The van der Waals surface area contributed by atoms with Crippen LogP contribution in [-0.2, 0) is 6.54 Å². The molecule has 3 aromatic rings. The third-order valence-electron chi connectivity index (χ3n) is 3.07. The van der Waals surface area contributed by atoms with Gasteiger partial charge in [0.05, 0.1) is 27.4 Å². The van der Waals surface area contributed by atoms with Crippen LogP contribution in [0.1, 0.15) is 5.56 Å². The first kappa shape index (κ1) is 13.2. The van der Waals surface area contributed by atoms with Crippen LogP contribution in [0.3, 0.4) is 0 Å². The third-order valence-corrected chi connectivity index (χ3v) is 3.81. The molecule has 1 aromatic heterocycles. The molecule has 0 radical (unpaired) electrons. The van der Waals surface area contributed by atoms with E-state index in [0.717, 1.165) is 22.2 Å². The van der Waals surface area contributed by atoms with Gasteiger partial charge in [-0.15, -0.1) is 0 Å². The topological polar surface area (TPSA) is 24.9 Å². The van der Waals surface area contributed by atoms with Crippen LogP contribution >= 0.6 is 23.2 Å². The van der Waals surface area contributed by atoms with Gasteiger partial charge < -0.3 is 5.32 Å². The number of hydrogen-bond acceptors (Lipinski definition) is 2. The van der Waals surface area contributed by atoms with Crippen LogP contribution < -0.4 is 5.32 Å². The number of nitrogens with zero attached hydrogens (tertiary/aromatic N) is 1. The molecule has 0 saturated heterocycles. The van der Waals surface area contributed by atoms with Crippen LogP contribution in [0.4, 0.5) is 5.69 Å². The summed E-state index contributed by atoms with van der Waals surface area (Å²) in [5.41, 5.74) is 3.05. The maximum atomic E-state index is 6.00. The summed E-state index contributed by atoms with van der Waals surface area (Å²) in [7, 11) is 0. The van der Waals surface area contributed by atoms with Crippen molar-refractivity contribution in [2.45, 2.75) is 6.54 Å². The van der Waals surface area contributed by atoms with Crippen molar-refractivity contribution in [1.29, 1.82) is 0 Å². The molecule has 0 aliphatic rings.